The summed E-state index contributed by atoms with van der Waals surface area (Å²) in [6.07, 6.45) is 0. The van der Waals surface area contributed by atoms with Gasteiger partial charge in [-0.05, 0) is 12.1 Å². The van der Waals surface area contributed by atoms with E-state index in [9.17, 15) is 17.2 Å². The Balaban J connectivity index is 1.81. The molecule has 1 aromatic heterocycles. The Hall–Kier alpha value is -1.87. The largest absolute Gasteiger partial charge is 0.339 e. The molecule has 1 saturated carbocycles. The monoisotopic (exact) mass is 343 g/mol. The molecular weight excluding hydrogens is 328 g/mol. The Labute approximate surface area is 131 Å². The van der Waals surface area contributed by atoms with Crippen LogP contribution < -0.4 is 4.72 Å². The van der Waals surface area contributed by atoms with E-state index < -0.39 is 27.9 Å². The summed E-state index contributed by atoms with van der Waals surface area (Å²) in [7, 11) is -4.04. The number of aromatic nitrogens is 2. The number of nitrogens with zero attached hydrogens (tertiary/aromatic N) is 2. The first kappa shape index (κ1) is 16.0. The molecule has 2 atom stereocenters. The highest BCUT2D eigenvalue weighted by Gasteiger charge is 2.73. The summed E-state index contributed by atoms with van der Waals surface area (Å²) in [6.45, 7) is 3.60. The van der Waals surface area contributed by atoms with Crippen LogP contribution in [0.15, 0.2) is 39.8 Å². The maximum Gasteiger partial charge on any atom is 0.278 e. The molecule has 1 aliphatic rings. The number of alkyl halides is 2. The summed E-state index contributed by atoms with van der Waals surface area (Å²) in [6, 6.07) is 5.75. The van der Waals surface area contributed by atoms with Crippen LogP contribution in [0.5, 0.6) is 0 Å². The maximum absolute atomic E-state index is 13.9. The van der Waals surface area contributed by atoms with Gasteiger partial charge in [0.25, 0.3) is 5.92 Å². The van der Waals surface area contributed by atoms with Crippen LogP contribution in [0.1, 0.15) is 37.4 Å². The van der Waals surface area contributed by atoms with Crippen molar-refractivity contribution in [2.24, 2.45) is 0 Å². The third-order valence-electron chi connectivity index (χ3n) is 3.63. The second-order valence-electron chi connectivity index (χ2n) is 5.71. The summed E-state index contributed by atoms with van der Waals surface area (Å²) in [4.78, 5) is 3.85. The number of rotatable bonds is 5. The average Bonchev–Trinajstić information content (AvgIpc) is 2.88. The number of sulfonamides is 1. The minimum absolute atomic E-state index is 0.0701. The molecule has 0 spiro atoms. The minimum Gasteiger partial charge on any atom is -0.339 e. The van der Waals surface area contributed by atoms with Crippen molar-refractivity contribution in [3.05, 3.63) is 42.0 Å². The molecule has 1 aromatic carbocycles. The van der Waals surface area contributed by atoms with Gasteiger partial charge in [0.1, 0.15) is 12.0 Å². The highest BCUT2D eigenvalue weighted by atomic mass is 32.2. The Kier molecular flexibility index (Phi) is 3.72. The van der Waals surface area contributed by atoms with Gasteiger partial charge in [-0.3, -0.25) is 0 Å². The summed E-state index contributed by atoms with van der Waals surface area (Å²) in [5.74, 6) is -4.71. The van der Waals surface area contributed by atoms with Gasteiger partial charge in [0.15, 0.2) is 5.82 Å². The molecule has 0 radical (unpaired) electrons. The zero-order valence-corrected chi connectivity index (χ0v) is 13.2. The van der Waals surface area contributed by atoms with Gasteiger partial charge in [-0.1, -0.05) is 37.2 Å². The van der Waals surface area contributed by atoms with E-state index in [0.717, 1.165) is 0 Å². The summed E-state index contributed by atoms with van der Waals surface area (Å²) < 4.78 is 59.1. The van der Waals surface area contributed by atoms with Crippen molar-refractivity contribution in [1.29, 1.82) is 0 Å². The van der Waals surface area contributed by atoms with Crippen molar-refractivity contribution in [1.82, 2.24) is 14.9 Å². The van der Waals surface area contributed by atoms with Crippen molar-refractivity contribution in [3.63, 3.8) is 0 Å². The first-order valence-corrected chi connectivity index (χ1v) is 8.50. The molecule has 124 valence electrons. The Morgan fingerprint density at radius 3 is 2.48 bits per heavy atom. The van der Waals surface area contributed by atoms with E-state index in [4.69, 9.17) is 4.52 Å². The molecule has 0 bridgehead atoms. The number of nitrogens with one attached hydrogen (secondary N) is 1. The Morgan fingerprint density at radius 1 is 1.26 bits per heavy atom. The second kappa shape index (κ2) is 5.34. The molecule has 6 nitrogen and oxygen atoms in total. The number of hydrogen-bond acceptors (Lipinski definition) is 5. The molecule has 9 heteroatoms. The van der Waals surface area contributed by atoms with Gasteiger partial charge in [0, 0.05) is 5.92 Å². The topological polar surface area (TPSA) is 85.1 Å². The molecule has 2 aromatic rings. The fraction of sp³-hybridized carbons (Fsp3) is 0.429. The molecule has 0 saturated heterocycles. The van der Waals surface area contributed by atoms with Gasteiger partial charge in [0.05, 0.1) is 4.90 Å². The van der Waals surface area contributed by atoms with Crippen molar-refractivity contribution >= 4 is 10.0 Å². The quantitative estimate of drug-likeness (QED) is 0.900. The zero-order valence-electron chi connectivity index (χ0n) is 12.4. The predicted octanol–water partition coefficient (Wildman–Crippen LogP) is 2.27. The minimum atomic E-state index is -4.04. The van der Waals surface area contributed by atoms with Crippen LogP contribution >= 0.6 is 0 Å². The molecule has 0 amide bonds. The molecule has 1 N–H and O–H groups in total. The normalized spacial score (nSPS) is 23.2. The van der Waals surface area contributed by atoms with Crippen molar-refractivity contribution in [2.45, 2.75) is 42.5 Å². The van der Waals surface area contributed by atoms with Crippen LogP contribution in [-0.2, 0) is 10.0 Å². The third kappa shape index (κ3) is 2.86. The lowest BCUT2D eigenvalue weighted by Gasteiger charge is -2.05. The van der Waals surface area contributed by atoms with E-state index in [1.165, 1.54) is 24.3 Å². The van der Waals surface area contributed by atoms with Gasteiger partial charge in [-0.2, -0.15) is 4.98 Å². The van der Waals surface area contributed by atoms with Gasteiger partial charge in [0.2, 0.25) is 15.9 Å². The molecule has 0 unspecified atom stereocenters. The third-order valence-corrected chi connectivity index (χ3v) is 5.09. The fourth-order valence-corrected chi connectivity index (χ4v) is 3.50. The molecular formula is C14H15F2N3O3S. The summed E-state index contributed by atoms with van der Waals surface area (Å²) in [5.41, 5.74) is 0. The molecule has 1 fully saturated rings. The Morgan fingerprint density at radius 2 is 1.91 bits per heavy atom. The molecule has 3 rings (SSSR count). The maximum atomic E-state index is 13.9. The van der Waals surface area contributed by atoms with E-state index in [1.807, 2.05) is 4.72 Å². The van der Waals surface area contributed by atoms with Crippen LogP contribution in [-0.4, -0.2) is 30.5 Å². The van der Waals surface area contributed by atoms with E-state index in [1.54, 1.807) is 19.9 Å². The van der Waals surface area contributed by atoms with Gasteiger partial charge >= 0.3 is 0 Å². The van der Waals surface area contributed by atoms with Gasteiger partial charge in [-0.15, -0.1) is 0 Å². The van der Waals surface area contributed by atoms with Gasteiger partial charge in [-0.25, -0.2) is 21.9 Å². The number of hydrogen-bond donors (Lipinski definition) is 1. The lowest BCUT2D eigenvalue weighted by atomic mass is 10.2. The number of benzene rings is 1. The average molecular weight is 343 g/mol. The van der Waals surface area contributed by atoms with Crippen molar-refractivity contribution in [3.8, 4) is 0 Å². The van der Waals surface area contributed by atoms with E-state index in [2.05, 4.69) is 10.1 Å². The first-order chi connectivity index (χ1) is 10.7. The SMILES string of the molecule is CC(C)c1noc([C@H]2[C@@H](NS(=O)(=O)c3ccccc3)C2(F)F)n1. The lowest BCUT2D eigenvalue weighted by Crippen LogP contribution is -2.29. The second-order valence-corrected chi connectivity index (χ2v) is 7.42. The first-order valence-electron chi connectivity index (χ1n) is 7.02. The van der Waals surface area contributed by atoms with Crippen LogP contribution in [0, 0.1) is 0 Å². The number of halogens is 2. The summed E-state index contributed by atoms with van der Waals surface area (Å²) >= 11 is 0. The molecule has 1 aliphatic carbocycles. The molecule has 1 heterocycles. The molecule has 23 heavy (non-hydrogen) atoms. The lowest BCUT2D eigenvalue weighted by molar-refractivity contribution is 0.0985. The van der Waals surface area contributed by atoms with Crippen molar-refractivity contribution < 1.29 is 21.7 Å². The van der Waals surface area contributed by atoms with E-state index in [0.29, 0.717) is 5.82 Å². The van der Waals surface area contributed by atoms with Gasteiger partial charge < -0.3 is 4.52 Å². The summed E-state index contributed by atoms with van der Waals surface area (Å²) in [5, 5.41) is 3.63. The fourth-order valence-electron chi connectivity index (χ4n) is 2.22. The smallest absolute Gasteiger partial charge is 0.278 e. The zero-order chi connectivity index (χ0) is 16.8. The molecule has 0 aliphatic heterocycles. The Bertz CT molecular complexity index is 806. The van der Waals surface area contributed by atoms with E-state index in [-0.39, 0.29) is 16.7 Å². The van der Waals surface area contributed by atoms with Crippen molar-refractivity contribution in [2.75, 3.05) is 0 Å². The highest BCUT2D eigenvalue weighted by Crippen LogP contribution is 2.55. The van der Waals surface area contributed by atoms with Crippen LogP contribution in [0.25, 0.3) is 0 Å². The van der Waals surface area contributed by atoms with Crippen LogP contribution in [0.2, 0.25) is 0 Å². The standard InChI is InChI=1S/C14H15F2N3O3S/c1-8(2)12-17-13(22-18-12)10-11(14(10,15)16)19-23(20,21)9-6-4-3-5-7-9/h3-8,10-11,19H,1-2H3/t10-,11-/m1/s1. The van der Waals surface area contributed by atoms with E-state index >= 15 is 0 Å². The predicted molar refractivity (Wildman–Crippen MR) is 76.6 cm³/mol. The highest BCUT2D eigenvalue weighted by molar-refractivity contribution is 7.89. The van der Waals surface area contributed by atoms with Crippen LogP contribution in [0.4, 0.5) is 8.78 Å². The van der Waals surface area contributed by atoms with Crippen LogP contribution in [0.3, 0.4) is 0 Å².